The van der Waals surface area contributed by atoms with Crippen LogP contribution in [0.5, 0.6) is 0 Å². The highest BCUT2D eigenvalue weighted by Crippen LogP contribution is 2.16. The summed E-state index contributed by atoms with van der Waals surface area (Å²) in [6, 6.07) is 10.6. The van der Waals surface area contributed by atoms with E-state index in [-0.39, 0.29) is 0 Å². The predicted molar refractivity (Wildman–Crippen MR) is 102 cm³/mol. The van der Waals surface area contributed by atoms with E-state index in [2.05, 4.69) is 57.4 Å². The van der Waals surface area contributed by atoms with E-state index in [1.807, 2.05) is 13.1 Å². The molecule has 24 heavy (non-hydrogen) atoms. The van der Waals surface area contributed by atoms with Crippen molar-refractivity contribution in [2.45, 2.75) is 20.4 Å². The van der Waals surface area contributed by atoms with E-state index in [9.17, 15) is 0 Å². The van der Waals surface area contributed by atoms with Gasteiger partial charge in [-0.2, -0.15) is 0 Å². The van der Waals surface area contributed by atoms with Crippen molar-refractivity contribution in [2.75, 3.05) is 37.6 Å². The van der Waals surface area contributed by atoms with Gasteiger partial charge in [0.05, 0.1) is 11.6 Å². The van der Waals surface area contributed by atoms with Gasteiger partial charge in [-0.3, -0.25) is 0 Å². The first kappa shape index (κ1) is 16.8. The van der Waals surface area contributed by atoms with Crippen molar-refractivity contribution in [3.63, 3.8) is 0 Å². The highest BCUT2D eigenvalue weighted by molar-refractivity contribution is 7.11. The fraction of sp³-hybridized carbons (Fsp3) is 0.444. The number of nitrogens with zero attached hydrogens (tertiary/aromatic N) is 4. The van der Waals surface area contributed by atoms with Crippen molar-refractivity contribution in [3.05, 3.63) is 46.4 Å². The van der Waals surface area contributed by atoms with E-state index in [1.54, 1.807) is 11.3 Å². The number of para-hydroxylation sites is 1. The minimum Gasteiger partial charge on any atom is -0.368 e. The molecule has 1 N–H and O–H groups in total. The maximum atomic E-state index is 4.80. The molecule has 0 radical (unpaired) electrons. The highest BCUT2D eigenvalue weighted by Gasteiger charge is 2.19. The third-order valence-electron chi connectivity index (χ3n) is 4.09. The molecule has 0 amide bonds. The molecule has 0 saturated carbocycles. The number of anilines is 1. The largest absolute Gasteiger partial charge is 0.368 e. The Morgan fingerprint density at radius 1 is 1.21 bits per heavy atom. The third-order valence-corrected chi connectivity index (χ3v) is 4.99. The van der Waals surface area contributed by atoms with Crippen LogP contribution in [-0.4, -0.2) is 48.6 Å². The lowest BCUT2D eigenvalue weighted by Crippen LogP contribution is -2.52. The summed E-state index contributed by atoms with van der Waals surface area (Å²) in [6.45, 7) is 9.76. The Kier molecular flexibility index (Phi) is 5.69. The Morgan fingerprint density at radius 3 is 2.58 bits per heavy atom. The van der Waals surface area contributed by atoms with Gasteiger partial charge in [-0.25, -0.2) is 9.98 Å². The molecule has 128 valence electrons. The Bertz CT molecular complexity index is 659. The summed E-state index contributed by atoms with van der Waals surface area (Å²) >= 11 is 1.72. The Morgan fingerprint density at radius 2 is 1.96 bits per heavy atom. The smallest absolute Gasteiger partial charge is 0.194 e. The summed E-state index contributed by atoms with van der Waals surface area (Å²) < 4.78 is 0. The molecule has 2 heterocycles. The molecular weight excluding hydrogens is 318 g/mol. The molecule has 1 fully saturated rings. The van der Waals surface area contributed by atoms with E-state index in [0.717, 1.165) is 43.7 Å². The van der Waals surface area contributed by atoms with Crippen molar-refractivity contribution >= 4 is 23.0 Å². The Labute approximate surface area is 148 Å². The van der Waals surface area contributed by atoms with E-state index < -0.39 is 0 Å². The number of guanidine groups is 1. The van der Waals surface area contributed by atoms with E-state index in [0.29, 0.717) is 6.54 Å². The topological polar surface area (TPSA) is 43.8 Å². The lowest BCUT2D eigenvalue weighted by Gasteiger charge is -2.37. The molecule has 1 aliphatic rings. The zero-order valence-electron chi connectivity index (χ0n) is 14.4. The van der Waals surface area contributed by atoms with Crippen LogP contribution in [0.15, 0.2) is 41.5 Å². The molecule has 0 bridgehead atoms. The zero-order chi connectivity index (χ0) is 16.8. The Hall–Kier alpha value is -2.08. The van der Waals surface area contributed by atoms with Gasteiger partial charge < -0.3 is 15.1 Å². The minimum absolute atomic E-state index is 0.701. The maximum Gasteiger partial charge on any atom is 0.194 e. The molecule has 3 rings (SSSR count). The van der Waals surface area contributed by atoms with Gasteiger partial charge in [0.25, 0.3) is 0 Å². The first-order valence-electron chi connectivity index (χ1n) is 8.51. The average molecular weight is 344 g/mol. The van der Waals surface area contributed by atoms with Gasteiger partial charge >= 0.3 is 0 Å². The average Bonchev–Trinajstić information content (AvgIpc) is 3.05. The third kappa shape index (κ3) is 4.26. The molecule has 0 unspecified atom stereocenters. The summed E-state index contributed by atoms with van der Waals surface area (Å²) in [7, 11) is 0. The first-order chi connectivity index (χ1) is 11.8. The van der Waals surface area contributed by atoms with Gasteiger partial charge in [0.2, 0.25) is 0 Å². The number of benzene rings is 1. The maximum absolute atomic E-state index is 4.80. The summed E-state index contributed by atoms with van der Waals surface area (Å²) in [5.41, 5.74) is 1.30. The molecule has 1 aromatic heterocycles. The monoisotopic (exact) mass is 343 g/mol. The van der Waals surface area contributed by atoms with Crippen LogP contribution in [0.1, 0.15) is 16.8 Å². The second-order valence-corrected chi connectivity index (χ2v) is 7.14. The molecule has 0 aliphatic carbocycles. The summed E-state index contributed by atoms with van der Waals surface area (Å²) in [6.07, 6.45) is 1.93. The predicted octanol–water partition coefficient (Wildman–Crippen LogP) is 2.74. The second-order valence-electron chi connectivity index (χ2n) is 5.83. The number of hydrogen-bond donors (Lipinski definition) is 1. The van der Waals surface area contributed by atoms with Crippen molar-refractivity contribution in [1.29, 1.82) is 0 Å². The molecular formula is C18H25N5S. The number of piperazine rings is 1. The first-order valence-corrected chi connectivity index (χ1v) is 9.32. The van der Waals surface area contributed by atoms with Crippen LogP contribution in [0.25, 0.3) is 0 Å². The fourth-order valence-electron chi connectivity index (χ4n) is 2.87. The van der Waals surface area contributed by atoms with Gasteiger partial charge in [-0.05, 0) is 26.0 Å². The second kappa shape index (κ2) is 8.15. The number of aromatic nitrogens is 1. The quantitative estimate of drug-likeness (QED) is 0.685. The van der Waals surface area contributed by atoms with Crippen LogP contribution in [-0.2, 0) is 6.54 Å². The van der Waals surface area contributed by atoms with Crippen LogP contribution in [0.4, 0.5) is 5.69 Å². The van der Waals surface area contributed by atoms with Crippen LogP contribution in [0.2, 0.25) is 0 Å². The standard InChI is InChI=1S/C18H25N5S/c1-3-19-18(21-14-17-13-20-15(2)24-17)23-11-9-22(10-12-23)16-7-5-4-6-8-16/h4-8,13H,3,9-12,14H2,1-2H3,(H,19,21). The number of aryl methyl sites for hydroxylation is 1. The number of aliphatic imine (C=N–C) groups is 1. The zero-order valence-corrected chi connectivity index (χ0v) is 15.2. The lowest BCUT2D eigenvalue weighted by molar-refractivity contribution is 0.372. The fourth-order valence-corrected chi connectivity index (χ4v) is 3.59. The van der Waals surface area contributed by atoms with Gasteiger partial charge in [0.15, 0.2) is 5.96 Å². The number of rotatable bonds is 4. The Balaban J connectivity index is 1.61. The van der Waals surface area contributed by atoms with E-state index in [1.165, 1.54) is 10.6 Å². The number of thiazole rings is 1. The van der Waals surface area contributed by atoms with E-state index in [4.69, 9.17) is 4.99 Å². The van der Waals surface area contributed by atoms with Crippen LogP contribution < -0.4 is 10.2 Å². The minimum atomic E-state index is 0.701. The summed E-state index contributed by atoms with van der Waals surface area (Å²) in [5.74, 6) is 1.01. The van der Waals surface area contributed by atoms with Gasteiger partial charge in [0.1, 0.15) is 0 Å². The SMILES string of the molecule is CCNC(=NCc1cnc(C)s1)N1CCN(c2ccccc2)CC1. The number of hydrogen-bond acceptors (Lipinski definition) is 4. The molecule has 0 atom stereocenters. The van der Waals surface area contributed by atoms with Gasteiger partial charge in [0, 0.05) is 49.5 Å². The van der Waals surface area contributed by atoms with Crippen LogP contribution in [0.3, 0.4) is 0 Å². The van der Waals surface area contributed by atoms with Crippen molar-refractivity contribution in [3.8, 4) is 0 Å². The molecule has 6 heteroatoms. The van der Waals surface area contributed by atoms with Crippen LogP contribution >= 0.6 is 11.3 Å². The molecule has 1 saturated heterocycles. The summed E-state index contributed by atoms with van der Waals surface area (Å²) in [4.78, 5) is 15.1. The molecule has 2 aromatic rings. The summed E-state index contributed by atoms with van der Waals surface area (Å²) in [5, 5.41) is 4.52. The molecule has 1 aliphatic heterocycles. The van der Waals surface area contributed by atoms with E-state index >= 15 is 0 Å². The highest BCUT2D eigenvalue weighted by atomic mass is 32.1. The van der Waals surface area contributed by atoms with Gasteiger partial charge in [-0.1, -0.05) is 18.2 Å². The molecule has 5 nitrogen and oxygen atoms in total. The lowest BCUT2D eigenvalue weighted by atomic mass is 10.2. The normalized spacial score (nSPS) is 15.7. The molecule has 0 spiro atoms. The van der Waals surface area contributed by atoms with Crippen molar-refractivity contribution in [2.24, 2.45) is 4.99 Å². The van der Waals surface area contributed by atoms with Crippen LogP contribution in [0, 0.1) is 6.92 Å². The molecule has 1 aromatic carbocycles. The van der Waals surface area contributed by atoms with Crippen molar-refractivity contribution in [1.82, 2.24) is 15.2 Å². The number of nitrogens with one attached hydrogen (secondary N) is 1. The van der Waals surface area contributed by atoms with Gasteiger partial charge in [-0.15, -0.1) is 11.3 Å². The van der Waals surface area contributed by atoms with Crippen molar-refractivity contribution < 1.29 is 0 Å².